The van der Waals surface area contributed by atoms with E-state index in [1.807, 2.05) is 19.9 Å². The lowest BCUT2D eigenvalue weighted by Crippen LogP contribution is -2.59. The van der Waals surface area contributed by atoms with Gasteiger partial charge in [0.05, 0.1) is 18.6 Å². The molecule has 8 heteroatoms. The lowest BCUT2D eigenvalue weighted by Gasteiger charge is -2.41. The Kier molecular flexibility index (Phi) is 6.21. The molecule has 3 rings (SSSR count). The number of aliphatic hydroxyl groups is 5. The van der Waals surface area contributed by atoms with Gasteiger partial charge in [-0.3, -0.25) is 4.79 Å². The topological polar surface area (TPSA) is 137 Å². The minimum absolute atomic E-state index is 0.0188. The maximum absolute atomic E-state index is 12.9. The van der Waals surface area contributed by atoms with Crippen LogP contribution in [0.3, 0.4) is 0 Å². The summed E-state index contributed by atoms with van der Waals surface area (Å²) in [4.78, 5) is 12.9. The van der Waals surface area contributed by atoms with Gasteiger partial charge < -0.3 is 35.0 Å². The monoisotopic (exact) mass is 396 g/mol. The van der Waals surface area contributed by atoms with Gasteiger partial charge in [0.2, 0.25) is 0 Å². The Morgan fingerprint density at radius 1 is 1.11 bits per heavy atom. The first-order valence-electron chi connectivity index (χ1n) is 9.46. The molecule has 0 saturated carbocycles. The van der Waals surface area contributed by atoms with E-state index in [1.165, 1.54) is 0 Å². The van der Waals surface area contributed by atoms with Crippen molar-refractivity contribution in [2.45, 2.75) is 64.0 Å². The fourth-order valence-electron chi connectivity index (χ4n) is 4.25. The van der Waals surface area contributed by atoms with Crippen LogP contribution in [0, 0.1) is 19.8 Å². The Morgan fingerprint density at radius 2 is 1.79 bits per heavy atom. The number of Topliss-reactive ketones (excluding diaryl/α,β-unsaturated/α-hetero) is 1. The molecule has 0 unspecified atom stereocenters. The van der Waals surface area contributed by atoms with Crippen LogP contribution in [0.4, 0.5) is 0 Å². The molecule has 7 atom stereocenters. The van der Waals surface area contributed by atoms with Crippen molar-refractivity contribution in [1.29, 1.82) is 0 Å². The predicted octanol–water partition coefficient (Wildman–Crippen LogP) is -0.472. The largest absolute Gasteiger partial charge is 0.396 e. The van der Waals surface area contributed by atoms with Gasteiger partial charge >= 0.3 is 0 Å². The molecular weight excluding hydrogens is 368 g/mol. The Balaban J connectivity index is 1.94. The van der Waals surface area contributed by atoms with Crippen LogP contribution in [-0.4, -0.2) is 75.2 Å². The summed E-state index contributed by atoms with van der Waals surface area (Å²) in [6, 6.07) is 1.85. The van der Waals surface area contributed by atoms with E-state index >= 15 is 0 Å². The van der Waals surface area contributed by atoms with Crippen molar-refractivity contribution < 1.29 is 39.8 Å². The lowest BCUT2D eigenvalue weighted by molar-refractivity contribution is -0.314. The molecular formula is C20H28O8. The first-order valence-corrected chi connectivity index (χ1v) is 9.46. The van der Waals surface area contributed by atoms with E-state index in [0.29, 0.717) is 17.5 Å². The van der Waals surface area contributed by atoms with E-state index < -0.39 is 49.3 Å². The molecule has 0 radical (unpaired) electrons. The number of ether oxygens (including phenoxy) is 2. The number of ketones is 1. The summed E-state index contributed by atoms with van der Waals surface area (Å²) < 4.78 is 11.3. The molecule has 28 heavy (non-hydrogen) atoms. The number of fused-ring (bicyclic) bond motifs is 1. The summed E-state index contributed by atoms with van der Waals surface area (Å²) in [6.45, 7) is 4.89. The molecule has 0 amide bonds. The molecule has 2 aliphatic rings. The van der Waals surface area contributed by atoms with Gasteiger partial charge in [-0.2, -0.15) is 0 Å². The number of carbonyl (C=O) groups excluding carboxylic acids is 1. The van der Waals surface area contributed by atoms with Crippen molar-refractivity contribution in [2.24, 2.45) is 5.92 Å². The van der Waals surface area contributed by atoms with E-state index in [2.05, 4.69) is 0 Å². The second-order valence-electron chi connectivity index (χ2n) is 7.64. The van der Waals surface area contributed by atoms with Gasteiger partial charge in [0.25, 0.3) is 0 Å². The molecule has 0 bridgehead atoms. The van der Waals surface area contributed by atoms with Crippen molar-refractivity contribution in [3.8, 4) is 0 Å². The molecule has 1 saturated heterocycles. The van der Waals surface area contributed by atoms with Gasteiger partial charge in [0, 0.05) is 12.2 Å². The van der Waals surface area contributed by atoms with E-state index in [4.69, 9.17) is 9.47 Å². The van der Waals surface area contributed by atoms with Crippen molar-refractivity contribution in [3.05, 3.63) is 33.9 Å². The highest BCUT2D eigenvalue weighted by Gasteiger charge is 2.48. The number of carbonyl (C=O) groups is 1. The fraction of sp³-hybridized carbons (Fsp3) is 0.650. The Hall–Kier alpha value is -1.39. The van der Waals surface area contributed by atoms with Crippen LogP contribution in [0.25, 0.3) is 0 Å². The molecule has 5 N–H and O–H groups in total. The van der Waals surface area contributed by atoms with Crippen LogP contribution in [0.5, 0.6) is 0 Å². The highest BCUT2D eigenvalue weighted by Crippen LogP contribution is 2.43. The highest BCUT2D eigenvalue weighted by molar-refractivity contribution is 6.04. The summed E-state index contributed by atoms with van der Waals surface area (Å²) >= 11 is 0. The van der Waals surface area contributed by atoms with Crippen LogP contribution < -0.4 is 0 Å². The number of aryl methyl sites for hydroxylation is 1. The molecule has 1 aliphatic carbocycles. The van der Waals surface area contributed by atoms with Gasteiger partial charge in [-0.1, -0.05) is 13.0 Å². The normalized spacial score (nSPS) is 35.3. The SMILES string of the molecule is Cc1cc2c(c(C)c1CCO)C(=O)[C@@H](C)[C@@H]2O[C@@H]1O[C@H](CO)[C@H](O)[C@H](O)[C@H]1O. The van der Waals surface area contributed by atoms with Crippen molar-refractivity contribution in [1.82, 2.24) is 0 Å². The van der Waals surface area contributed by atoms with Crippen LogP contribution >= 0.6 is 0 Å². The summed E-state index contributed by atoms with van der Waals surface area (Å²) in [5.41, 5.74) is 3.88. The van der Waals surface area contributed by atoms with E-state index in [0.717, 1.165) is 16.7 Å². The maximum atomic E-state index is 12.9. The molecule has 1 aliphatic heterocycles. The third kappa shape index (κ3) is 3.39. The van der Waals surface area contributed by atoms with Gasteiger partial charge in [-0.05, 0) is 42.5 Å². The van der Waals surface area contributed by atoms with Crippen LogP contribution in [-0.2, 0) is 15.9 Å². The molecule has 8 nitrogen and oxygen atoms in total. The van der Waals surface area contributed by atoms with Gasteiger partial charge in [-0.15, -0.1) is 0 Å². The van der Waals surface area contributed by atoms with E-state index in [1.54, 1.807) is 6.92 Å². The Morgan fingerprint density at radius 3 is 2.39 bits per heavy atom. The standard InChI is InChI=1S/C20H28O8/c1-8-6-12-14(9(2)11(8)4-5-21)15(23)10(3)19(12)28-20-18(26)17(25)16(24)13(7-22)27-20/h6,10,13,16-22,24-26H,4-5,7H2,1-3H3/t10-,13-,16+,17+,18-,19+,20+/m1/s1. The van der Waals surface area contributed by atoms with E-state index in [-0.39, 0.29) is 12.4 Å². The first-order chi connectivity index (χ1) is 13.2. The van der Waals surface area contributed by atoms with Crippen molar-refractivity contribution in [2.75, 3.05) is 13.2 Å². The predicted molar refractivity (Wildman–Crippen MR) is 97.8 cm³/mol. The lowest BCUT2D eigenvalue weighted by atomic mass is 9.92. The second-order valence-corrected chi connectivity index (χ2v) is 7.64. The number of hydrogen-bond acceptors (Lipinski definition) is 8. The summed E-state index contributed by atoms with van der Waals surface area (Å²) in [6.07, 6.45) is -7.18. The van der Waals surface area contributed by atoms with Gasteiger partial charge in [0.15, 0.2) is 12.1 Å². The average molecular weight is 396 g/mol. The third-order valence-electron chi connectivity index (χ3n) is 5.88. The average Bonchev–Trinajstić information content (AvgIpc) is 2.89. The zero-order valence-corrected chi connectivity index (χ0v) is 16.2. The Bertz CT molecular complexity index is 746. The van der Waals surface area contributed by atoms with Gasteiger partial charge in [0.1, 0.15) is 24.4 Å². The summed E-state index contributed by atoms with van der Waals surface area (Å²) in [5.74, 6) is -0.633. The maximum Gasteiger partial charge on any atom is 0.187 e. The highest BCUT2D eigenvalue weighted by atomic mass is 16.7. The van der Waals surface area contributed by atoms with Gasteiger partial charge in [-0.25, -0.2) is 0 Å². The van der Waals surface area contributed by atoms with Crippen molar-refractivity contribution >= 4 is 5.78 Å². The van der Waals surface area contributed by atoms with Crippen LogP contribution in [0.15, 0.2) is 6.07 Å². The Labute approximate surface area is 163 Å². The molecule has 0 spiro atoms. The minimum Gasteiger partial charge on any atom is -0.396 e. The van der Waals surface area contributed by atoms with Crippen LogP contribution in [0.2, 0.25) is 0 Å². The number of hydrogen-bond donors (Lipinski definition) is 5. The fourth-order valence-corrected chi connectivity index (χ4v) is 4.25. The molecule has 0 aromatic heterocycles. The molecule has 1 heterocycles. The smallest absolute Gasteiger partial charge is 0.187 e. The number of aliphatic hydroxyl groups excluding tert-OH is 5. The molecule has 1 aromatic rings. The minimum atomic E-state index is -1.54. The van der Waals surface area contributed by atoms with Crippen LogP contribution in [0.1, 0.15) is 45.6 Å². The summed E-state index contributed by atoms with van der Waals surface area (Å²) in [5, 5.41) is 48.8. The zero-order valence-electron chi connectivity index (χ0n) is 16.2. The number of benzene rings is 1. The number of rotatable bonds is 5. The molecule has 1 aromatic carbocycles. The van der Waals surface area contributed by atoms with E-state index in [9.17, 15) is 30.3 Å². The molecule has 1 fully saturated rings. The second kappa shape index (κ2) is 8.16. The van der Waals surface area contributed by atoms with Crippen molar-refractivity contribution in [3.63, 3.8) is 0 Å². The molecule has 156 valence electrons. The zero-order chi connectivity index (χ0) is 20.7. The first kappa shape index (κ1) is 21.3. The summed E-state index contributed by atoms with van der Waals surface area (Å²) in [7, 11) is 0. The third-order valence-corrected chi connectivity index (χ3v) is 5.88. The quantitative estimate of drug-likeness (QED) is 0.451.